The van der Waals surface area contributed by atoms with Crippen molar-refractivity contribution in [1.29, 1.82) is 0 Å². The van der Waals surface area contributed by atoms with E-state index < -0.39 is 10.1 Å². The number of benzene rings is 1. The third kappa shape index (κ3) is 2.82. The van der Waals surface area contributed by atoms with Crippen LogP contribution in [-0.4, -0.2) is 13.0 Å². The van der Waals surface area contributed by atoms with Gasteiger partial charge in [-0.05, 0) is 30.0 Å². The second kappa shape index (κ2) is 4.11. The summed E-state index contributed by atoms with van der Waals surface area (Å²) in [6.45, 7) is 3.81. The van der Waals surface area contributed by atoms with E-state index in [1.807, 2.05) is 32.0 Å². The highest BCUT2D eigenvalue weighted by molar-refractivity contribution is 7.85. The minimum Gasteiger partial charge on any atom is -0.285 e. The fraction of sp³-hybridized carbons (Fsp3) is 0.400. The van der Waals surface area contributed by atoms with Crippen molar-refractivity contribution in [2.75, 3.05) is 0 Å². The van der Waals surface area contributed by atoms with Gasteiger partial charge in [-0.25, -0.2) is 0 Å². The van der Waals surface area contributed by atoms with E-state index >= 15 is 0 Å². The zero-order valence-corrected chi connectivity index (χ0v) is 9.13. The molecule has 0 radical (unpaired) electrons. The highest BCUT2D eigenvalue weighted by Crippen LogP contribution is 2.17. The minimum atomic E-state index is -3.93. The van der Waals surface area contributed by atoms with Crippen LogP contribution in [0.4, 0.5) is 0 Å². The van der Waals surface area contributed by atoms with Crippen molar-refractivity contribution in [2.24, 2.45) is 0 Å². The molecule has 1 rings (SSSR count). The summed E-state index contributed by atoms with van der Waals surface area (Å²) in [6.07, 6.45) is 0.770. The van der Waals surface area contributed by atoms with E-state index in [0.717, 1.165) is 23.1 Å². The molecule has 0 aromatic heterocycles. The van der Waals surface area contributed by atoms with Crippen molar-refractivity contribution in [1.82, 2.24) is 0 Å². The van der Waals surface area contributed by atoms with E-state index in [2.05, 4.69) is 0 Å². The van der Waals surface area contributed by atoms with Gasteiger partial charge in [0.05, 0.1) is 0 Å². The van der Waals surface area contributed by atoms with Crippen LogP contribution in [0.2, 0.25) is 0 Å². The highest BCUT2D eigenvalue weighted by atomic mass is 32.2. The second-order valence-corrected chi connectivity index (χ2v) is 4.74. The van der Waals surface area contributed by atoms with Crippen LogP contribution in [-0.2, 0) is 22.3 Å². The Morgan fingerprint density at radius 2 is 2.00 bits per heavy atom. The van der Waals surface area contributed by atoms with Gasteiger partial charge < -0.3 is 0 Å². The Bertz CT molecular complexity index is 421. The summed E-state index contributed by atoms with van der Waals surface area (Å²) in [6, 6.07) is 5.62. The highest BCUT2D eigenvalue weighted by Gasteiger charge is 2.11. The number of aryl methyl sites for hydroxylation is 2. The van der Waals surface area contributed by atoms with Gasteiger partial charge in [-0.15, -0.1) is 0 Å². The molecule has 1 aromatic rings. The molecule has 0 aliphatic heterocycles. The summed E-state index contributed by atoms with van der Waals surface area (Å²) in [4.78, 5) is 0. The van der Waals surface area contributed by atoms with E-state index in [0.29, 0.717) is 0 Å². The van der Waals surface area contributed by atoms with Gasteiger partial charge >= 0.3 is 0 Å². The Morgan fingerprint density at radius 3 is 2.50 bits per heavy atom. The first-order valence-electron chi connectivity index (χ1n) is 4.46. The molecule has 4 heteroatoms. The lowest BCUT2D eigenvalue weighted by Gasteiger charge is -2.09. The Morgan fingerprint density at radius 1 is 1.36 bits per heavy atom. The van der Waals surface area contributed by atoms with Gasteiger partial charge in [0.2, 0.25) is 0 Å². The largest absolute Gasteiger partial charge is 0.285 e. The Labute approximate surface area is 84.5 Å². The molecule has 78 valence electrons. The van der Waals surface area contributed by atoms with Gasteiger partial charge in [0.15, 0.2) is 0 Å². The van der Waals surface area contributed by atoms with Crippen LogP contribution in [0.15, 0.2) is 18.2 Å². The van der Waals surface area contributed by atoms with Crippen molar-refractivity contribution in [3.05, 3.63) is 34.9 Å². The van der Waals surface area contributed by atoms with Crippen LogP contribution in [0.25, 0.3) is 0 Å². The molecule has 0 aliphatic rings. The summed E-state index contributed by atoms with van der Waals surface area (Å²) in [5.41, 5.74) is 2.60. The Kier molecular flexibility index (Phi) is 3.29. The molecule has 0 aliphatic carbocycles. The lowest BCUT2D eigenvalue weighted by molar-refractivity contribution is 0.482. The molecule has 0 heterocycles. The average Bonchev–Trinajstić information content (AvgIpc) is 2.06. The van der Waals surface area contributed by atoms with E-state index in [1.54, 1.807) is 0 Å². The van der Waals surface area contributed by atoms with E-state index in [4.69, 9.17) is 4.55 Å². The molecule has 0 fully saturated rings. The van der Waals surface area contributed by atoms with Crippen molar-refractivity contribution in [3.8, 4) is 0 Å². The summed E-state index contributed by atoms with van der Waals surface area (Å²) in [7, 11) is -3.93. The van der Waals surface area contributed by atoms with Crippen LogP contribution in [0.5, 0.6) is 0 Å². The molecule has 0 bridgehead atoms. The zero-order valence-electron chi connectivity index (χ0n) is 8.32. The average molecular weight is 214 g/mol. The maximum Gasteiger partial charge on any atom is 0.269 e. The van der Waals surface area contributed by atoms with Crippen molar-refractivity contribution >= 4 is 10.1 Å². The molecule has 3 nitrogen and oxygen atoms in total. The third-order valence-corrected chi connectivity index (χ3v) is 2.87. The Balaban J connectivity index is 3.18. The van der Waals surface area contributed by atoms with Crippen LogP contribution in [0.3, 0.4) is 0 Å². The fourth-order valence-corrected chi connectivity index (χ4v) is 2.26. The molecule has 0 amide bonds. The fourth-order valence-electron chi connectivity index (χ4n) is 1.48. The van der Waals surface area contributed by atoms with Gasteiger partial charge in [-0.1, -0.05) is 25.1 Å². The predicted molar refractivity (Wildman–Crippen MR) is 55.8 cm³/mol. The summed E-state index contributed by atoms with van der Waals surface area (Å²) in [5.74, 6) is -0.289. The lowest BCUT2D eigenvalue weighted by Crippen LogP contribution is -2.06. The molecular weight excluding hydrogens is 200 g/mol. The lowest BCUT2D eigenvalue weighted by atomic mass is 10.0. The Hall–Kier alpha value is -0.870. The summed E-state index contributed by atoms with van der Waals surface area (Å²) in [5, 5.41) is 0. The van der Waals surface area contributed by atoms with Gasteiger partial charge in [-0.3, -0.25) is 4.55 Å². The molecule has 0 saturated carbocycles. The van der Waals surface area contributed by atoms with E-state index in [-0.39, 0.29) is 5.75 Å². The molecule has 0 spiro atoms. The molecule has 0 saturated heterocycles. The van der Waals surface area contributed by atoms with Crippen LogP contribution >= 0.6 is 0 Å². The molecular formula is C10H14O3S. The molecule has 1 aromatic carbocycles. The topological polar surface area (TPSA) is 54.4 Å². The number of rotatable bonds is 3. The van der Waals surface area contributed by atoms with Gasteiger partial charge in [0.1, 0.15) is 5.75 Å². The van der Waals surface area contributed by atoms with E-state index in [9.17, 15) is 8.42 Å². The normalized spacial score (nSPS) is 11.6. The molecule has 14 heavy (non-hydrogen) atoms. The van der Waals surface area contributed by atoms with Crippen LogP contribution < -0.4 is 0 Å². The van der Waals surface area contributed by atoms with Crippen molar-refractivity contribution < 1.29 is 13.0 Å². The SMILES string of the molecule is CCc1cccc(C)c1CS(=O)(=O)O. The first-order chi connectivity index (χ1) is 6.44. The minimum absolute atomic E-state index is 0.289. The van der Waals surface area contributed by atoms with Gasteiger partial charge in [0, 0.05) is 0 Å². The predicted octanol–water partition coefficient (Wildman–Crippen LogP) is 1.95. The second-order valence-electron chi connectivity index (χ2n) is 3.29. The van der Waals surface area contributed by atoms with Crippen molar-refractivity contribution in [2.45, 2.75) is 26.0 Å². The smallest absolute Gasteiger partial charge is 0.269 e. The van der Waals surface area contributed by atoms with Gasteiger partial charge in [0.25, 0.3) is 10.1 Å². The maximum atomic E-state index is 10.8. The number of hydrogen-bond donors (Lipinski definition) is 1. The molecule has 1 N–H and O–H groups in total. The number of hydrogen-bond acceptors (Lipinski definition) is 2. The van der Waals surface area contributed by atoms with Crippen molar-refractivity contribution in [3.63, 3.8) is 0 Å². The van der Waals surface area contributed by atoms with Gasteiger partial charge in [-0.2, -0.15) is 8.42 Å². The molecule has 0 atom stereocenters. The summed E-state index contributed by atoms with van der Waals surface area (Å²) >= 11 is 0. The monoisotopic (exact) mass is 214 g/mol. The third-order valence-electron chi connectivity index (χ3n) is 2.21. The first kappa shape index (κ1) is 11.2. The van der Waals surface area contributed by atoms with Crippen LogP contribution in [0.1, 0.15) is 23.6 Å². The summed E-state index contributed by atoms with van der Waals surface area (Å²) < 4.78 is 30.3. The maximum absolute atomic E-state index is 10.8. The standard InChI is InChI=1S/C10H14O3S/c1-3-9-6-4-5-8(2)10(9)7-14(11,12)13/h4-6H,3,7H2,1-2H3,(H,11,12,13). The van der Waals surface area contributed by atoms with Crippen LogP contribution in [0, 0.1) is 6.92 Å². The zero-order chi connectivity index (χ0) is 10.8. The first-order valence-corrected chi connectivity index (χ1v) is 6.07. The molecule has 0 unspecified atom stereocenters. The van der Waals surface area contributed by atoms with E-state index in [1.165, 1.54) is 0 Å². The quantitative estimate of drug-likeness (QED) is 0.782.